The van der Waals surface area contributed by atoms with Gasteiger partial charge in [-0.15, -0.1) is 0 Å². The summed E-state index contributed by atoms with van der Waals surface area (Å²) < 4.78 is 0. The van der Waals surface area contributed by atoms with E-state index in [2.05, 4.69) is 51.1 Å². The van der Waals surface area contributed by atoms with Crippen molar-refractivity contribution in [3.8, 4) is 0 Å². The van der Waals surface area contributed by atoms with Crippen LogP contribution in [0.5, 0.6) is 0 Å². The molecule has 0 heteroatoms. The Kier molecular flexibility index (Phi) is 5.68. The monoisotopic (exact) mass is 232 g/mol. The average molecular weight is 232 g/mol. The van der Waals surface area contributed by atoms with Crippen LogP contribution < -0.4 is 0 Å². The van der Waals surface area contributed by atoms with Crippen molar-refractivity contribution in [2.45, 2.75) is 54.9 Å². The Hall–Kier alpha value is -1.04. The molecule has 0 atom stereocenters. The van der Waals surface area contributed by atoms with Crippen LogP contribution in [0.25, 0.3) is 5.57 Å². The molecule has 1 aliphatic rings. The van der Waals surface area contributed by atoms with Gasteiger partial charge in [0.2, 0.25) is 0 Å². The zero-order chi connectivity index (χ0) is 10.9. The largest absolute Gasteiger partial charge is 0.0802 e. The molecular weight excluding hydrogens is 204 g/mol. The molecule has 0 aromatic heterocycles. The summed E-state index contributed by atoms with van der Waals surface area (Å²) >= 11 is 0. The van der Waals surface area contributed by atoms with Crippen LogP contribution in [-0.2, 0) is 0 Å². The summed E-state index contributed by atoms with van der Waals surface area (Å²) in [5, 5.41) is 0. The van der Waals surface area contributed by atoms with Crippen LogP contribution in [0.1, 0.15) is 59.1 Å². The fourth-order valence-electron chi connectivity index (χ4n) is 2.11. The van der Waals surface area contributed by atoms with E-state index >= 15 is 0 Å². The third-order valence-electron chi connectivity index (χ3n) is 3.39. The lowest BCUT2D eigenvalue weighted by molar-refractivity contribution is 0.335. The number of rotatable bonds is 1. The van der Waals surface area contributed by atoms with Crippen LogP contribution in [0, 0.1) is 12.3 Å². The Labute approximate surface area is 108 Å². The first-order valence-corrected chi connectivity index (χ1v) is 5.83. The fourth-order valence-corrected chi connectivity index (χ4v) is 2.11. The van der Waals surface area contributed by atoms with Gasteiger partial charge in [-0.2, -0.15) is 0 Å². The van der Waals surface area contributed by atoms with Crippen molar-refractivity contribution in [2.75, 3.05) is 0 Å². The lowest BCUT2D eigenvalue weighted by atomic mass is 9.77. The van der Waals surface area contributed by atoms with Crippen LogP contribution in [0.15, 0.2) is 30.3 Å². The molecule has 0 saturated heterocycles. The molecule has 0 aliphatic heterocycles. The molecule has 0 heterocycles. The molecular formula is C17H28. The minimum Gasteiger partial charge on any atom is -0.0802 e. The van der Waals surface area contributed by atoms with Crippen molar-refractivity contribution in [1.82, 2.24) is 0 Å². The van der Waals surface area contributed by atoms with Crippen LogP contribution >= 0.6 is 0 Å². The molecule has 96 valence electrons. The molecule has 17 heavy (non-hydrogen) atoms. The second-order valence-electron chi connectivity index (χ2n) is 5.46. The molecule has 0 amide bonds. The van der Waals surface area contributed by atoms with Gasteiger partial charge >= 0.3 is 0 Å². The summed E-state index contributed by atoms with van der Waals surface area (Å²) in [6.07, 6.45) is 6.19. The van der Waals surface area contributed by atoms with E-state index in [1.165, 1.54) is 36.0 Å². The summed E-state index contributed by atoms with van der Waals surface area (Å²) in [6.45, 7) is 6.85. The Morgan fingerprint density at radius 1 is 1.00 bits per heavy atom. The number of allylic oxidation sites excluding steroid dienone is 2. The summed E-state index contributed by atoms with van der Waals surface area (Å²) in [6, 6.07) is 8.91. The van der Waals surface area contributed by atoms with Gasteiger partial charge in [-0.25, -0.2) is 0 Å². The number of hydrogen-bond acceptors (Lipinski definition) is 0. The van der Waals surface area contributed by atoms with Crippen molar-refractivity contribution in [3.05, 3.63) is 41.5 Å². The van der Waals surface area contributed by atoms with Gasteiger partial charge in [-0.1, -0.05) is 64.6 Å². The van der Waals surface area contributed by atoms with Gasteiger partial charge in [-0.05, 0) is 42.7 Å². The maximum atomic E-state index is 2.42. The second kappa shape index (κ2) is 6.05. The predicted octanol–water partition coefficient (Wildman–Crippen LogP) is 5.86. The van der Waals surface area contributed by atoms with E-state index in [-0.39, 0.29) is 14.9 Å². The first kappa shape index (κ1) is 16.0. The van der Waals surface area contributed by atoms with E-state index in [4.69, 9.17) is 0 Å². The topological polar surface area (TPSA) is 0 Å². The van der Waals surface area contributed by atoms with Crippen molar-refractivity contribution in [2.24, 2.45) is 5.41 Å². The molecule has 0 radical (unpaired) electrons. The minimum atomic E-state index is 0. The van der Waals surface area contributed by atoms with E-state index in [9.17, 15) is 0 Å². The number of aryl methyl sites for hydroxylation is 1. The fraction of sp³-hybridized carbons (Fsp3) is 0.529. The molecule has 0 bridgehead atoms. The zero-order valence-corrected chi connectivity index (χ0v) is 10.0. The predicted molar refractivity (Wildman–Crippen MR) is 80.3 cm³/mol. The first-order valence-electron chi connectivity index (χ1n) is 5.83. The van der Waals surface area contributed by atoms with Gasteiger partial charge in [0.25, 0.3) is 0 Å². The van der Waals surface area contributed by atoms with Crippen LogP contribution in [0.2, 0.25) is 0 Å². The molecule has 0 N–H and O–H groups in total. The molecule has 0 unspecified atom stereocenters. The number of hydrogen-bond donors (Lipinski definition) is 0. The molecule has 1 aliphatic carbocycles. The van der Waals surface area contributed by atoms with E-state index in [1.807, 2.05) is 0 Å². The van der Waals surface area contributed by atoms with Crippen LogP contribution in [-0.4, -0.2) is 0 Å². The number of benzene rings is 1. The Morgan fingerprint density at radius 3 is 2.06 bits per heavy atom. The third kappa shape index (κ3) is 4.03. The van der Waals surface area contributed by atoms with Crippen molar-refractivity contribution < 1.29 is 0 Å². The first-order chi connectivity index (χ1) is 7.07. The van der Waals surface area contributed by atoms with Crippen molar-refractivity contribution >= 4 is 5.57 Å². The van der Waals surface area contributed by atoms with Gasteiger partial charge in [0.1, 0.15) is 0 Å². The maximum absolute atomic E-state index is 2.42. The third-order valence-corrected chi connectivity index (χ3v) is 3.39. The average Bonchev–Trinajstić information content (AvgIpc) is 2.20. The molecule has 2 rings (SSSR count). The quantitative estimate of drug-likeness (QED) is 0.569. The Morgan fingerprint density at radius 2 is 1.59 bits per heavy atom. The smallest absolute Gasteiger partial charge is 0.0228 e. The van der Waals surface area contributed by atoms with Gasteiger partial charge in [0, 0.05) is 0 Å². The highest BCUT2D eigenvalue weighted by Crippen LogP contribution is 2.37. The second-order valence-corrected chi connectivity index (χ2v) is 5.46. The highest BCUT2D eigenvalue weighted by atomic mass is 14.3. The lowest BCUT2D eigenvalue weighted by Gasteiger charge is -2.28. The molecule has 0 nitrogen and oxygen atoms in total. The van der Waals surface area contributed by atoms with E-state index in [0.29, 0.717) is 5.41 Å². The maximum Gasteiger partial charge on any atom is -0.0228 e. The lowest BCUT2D eigenvalue weighted by Crippen LogP contribution is -2.13. The van der Waals surface area contributed by atoms with Gasteiger partial charge in [0.15, 0.2) is 0 Å². The standard InChI is InChI=1S/C15H20.2CH4/c1-12-4-6-13(7-5-12)14-8-10-15(2,3)11-9-14;;/h4-8H,9-11H2,1-3H3;2*1H4. The molecule has 0 saturated carbocycles. The van der Waals surface area contributed by atoms with Crippen LogP contribution in [0.3, 0.4) is 0 Å². The van der Waals surface area contributed by atoms with Crippen molar-refractivity contribution in [1.29, 1.82) is 0 Å². The SMILES string of the molecule is C.C.Cc1ccc(C2=CCC(C)(C)CC2)cc1. The Bertz CT molecular complexity index is 366. The molecule has 0 fully saturated rings. The highest BCUT2D eigenvalue weighted by Gasteiger charge is 2.21. The van der Waals surface area contributed by atoms with E-state index in [0.717, 1.165) is 0 Å². The Balaban J connectivity index is 0.00000128. The zero-order valence-electron chi connectivity index (χ0n) is 10.0. The van der Waals surface area contributed by atoms with Crippen molar-refractivity contribution in [3.63, 3.8) is 0 Å². The molecule has 1 aromatic rings. The summed E-state index contributed by atoms with van der Waals surface area (Å²) in [7, 11) is 0. The normalized spacial score (nSPS) is 17.5. The van der Waals surface area contributed by atoms with Gasteiger partial charge < -0.3 is 0 Å². The molecule has 1 aromatic carbocycles. The highest BCUT2D eigenvalue weighted by molar-refractivity contribution is 5.66. The van der Waals surface area contributed by atoms with Gasteiger partial charge in [-0.3, -0.25) is 0 Å². The summed E-state index contributed by atoms with van der Waals surface area (Å²) in [4.78, 5) is 0. The summed E-state index contributed by atoms with van der Waals surface area (Å²) in [5.41, 5.74) is 4.80. The summed E-state index contributed by atoms with van der Waals surface area (Å²) in [5.74, 6) is 0. The van der Waals surface area contributed by atoms with E-state index < -0.39 is 0 Å². The minimum absolute atomic E-state index is 0. The van der Waals surface area contributed by atoms with Gasteiger partial charge in [0.05, 0.1) is 0 Å². The van der Waals surface area contributed by atoms with Crippen LogP contribution in [0.4, 0.5) is 0 Å². The molecule has 0 spiro atoms. The van der Waals surface area contributed by atoms with E-state index in [1.54, 1.807) is 0 Å².